The van der Waals surface area contributed by atoms with Crippen LogP contribution in [0.2, 0.25) is 0 Å². The Bertz CT molecular complexity index is 7630. The molecule has 0 N–H and O–H groups in total. The molecule has 12 aromatic heterocycles. The Morgan fingerprint density at radius 1 is 0.286 bits per heavy atom. The van der Waals surface area contributed by atoms with Gasteiger partial charge in [0.15, 0.2) is 47.1 Å². The molecule has 0 aliphatic heterocycles. The van der Waals surface area contributed by atoms with Gasteiger partial charge in [0.05, 0.1) is 27.8 Å². The van der Waals surface area contributed by atoms with Gasteiger partial charge in [0.2, 0.25) is 45.6 Å². The van der Waals surface area contributed by atoms with Gasteiger partial charge in [0, 0.05) is 107 Å². The largest absolute Gasteiger partial charge is 0.437 e. The van der Waals surface area contributed by atoms with E-state index >= 15 is 0 Å². The lowest BCUT2D eigenvalue weighted by Gasteiger charge is -2.12. The lowest BCUT2D eigenvalue weighted by atomic mass is 9.92. The third-order valence-electron chi connectivity index (χ3n) is 25.7. The van der Waals surface area contributed by atoms with Crippen molar-refractivity contribution < 1.29 is 35.9 Å². The molecule has 21 rings (SSSR count). The maximum Gasteiger partial charge on any atom is 0.227 e. The number of nitrogens with zero attached hydrogens (tertiary/aromatic N) is 8. The van der Waals surface area contributed by atoms with E-state index in [-0.39, 0.29) is 0 Å². The molecule has 0 saturated heterocycles. The minimum Gasteiger partial charge on any atom is -0.437 e. The van der Waals surface area contributed by atoms with Crippen LogP contribution in [0.25, 0.3) is 178 Å². The Morgan fingerprint density at radius 3 is 1.05 bits per heavy atom. The smallest absolute Gasteiger partial charge is 0.227 e. The van der Waals surface area contributed by atoms with Crippen molar-refractivity contribution in [3.63, 3.8) is 0 Å². The van der Waals surface area contributed by atoms with Crippen molar-refractivity contribution in [1.29, 1.82) is 0 Å². The predicted molar refractivity (Wildman–Crippen MR) is 516 cm³/mol. The van der Waals surface area contributed by atoms with Crippen LogP contribution in [0.3, 0.4) is 0 Å². The summed E-state index contributed by atoms with van der Waals surface area (Å²) in [6.07, 6.45) is 14.1. The molecule has 0 spiro atoms. The number of benzene rings is 8. The first-order chi connectivity index (χ1) is 60.9. The zero-order valence-corrected chi connectivity index (χ0v) is 75.8. The monoisotopic (exact) mass is 1650 g/mol. The van der Waals surface area contributed by atoms with E-state index in [4.69, 9.17) is 17.7 Å². The predicted octanol–water partition coefficient (Wildman–Crippen LogP) is 28.1. The quantitative estimate of drug-likeness (QED) is 0.111. The Balaban J connectivity index is 0.000000114. The summed E-state index contributed by atoms with van der Waals surface area (Å²) >= 11 is 0. The number of hydrogen-bond donors (Lipinski definition) is 0. The molecule has 0 radical (unpaired) electrons. The number of furan rings is 4. The highest BCUT2D eigenvalue weighted by Gasteiger charge is 2.30. The molecule has 0 bridgehead atoms. The average Bonchev–Trinajstić information content (AvgIpc) is 1.54. The van der Waals surface area contributed by atoms with E-state index in [9.17, 15) is 0 Å². The molecule has 1 saturated carbocycles. The van der Waals surface area contributed by atoms with Gasteiger partial charge in [-0.15, -0.1) is 0 Å². The second-order valence-electron chi connectivity index (χ2n) is 35.7. The van der Waals surface area contributed by atoms with E-state index in [0.29, 0.717) is 40.6 Å². The summed E-state index contributed by atoms with van der Waals surface area (Å²) in [6, 6.07) is 87.2. The average molecular weight is 1660 g/mol. The van der Waals surface area contributed by atoms with Crippen LogP contribution in [-0.2, 0) is 28.2 Å². The number of aromatic nitrogens is 8. The van der Waals surface area contributed by atoms with Crippen molar-refractivity contribution in [3.8, 4) is 89.5 Å². The normalized spacial score (nSPS) is 12.4. The molecule has 626 valence electrons. The molecule has 20 aromatic rings. The van der Waals surface area contributed by atoms with E-state index in [1.54, 1.807) is 0 Å². The third-order valence-corrected chi connectivity index (χ3v) is 25.7. The first kappa shape index (κ1) is 83.1. The summed E-state index contributed by atoms with van der Waals surface area (Å²) in [5.41, 5.74) is 39.5. The van der Waals surface area contributed by atoms with E-state index in [1.807, 2.05) is 52.0 Å². The van der Waals surface area contributed by atoms with E-state index < -0.39 is 0 Å². The minimum atomic E-state index is 0.482. The van der Waals surface area contributed by atoms with Crippen LogP contribution in [-0.4, -0.2) is 19.9 Å². The first-order valence-corrected chi connectivity index (χ1v) is 44.4. The van der Waals surface area contributed by atoms with Crippen LogP contribution in [0.15, 0.2) is 285 Å². The highest BCUT2D eigenvalue weighted by molar-refractivity contribution is 6.12. The van der Waals surface area contributed by atoms with Crippen molar-refractivity contribution in [2.75, 3.05) is 0 Å². The molecule has 12 nitrogen and oxygen atoms in total. The summed E-state index contributed by atoms with van der Waals surface area (Å²) in [5.74, 6) is 2.22. The lowest BCUT2D eigenvalue weighted by Crippen LogP contribution is -2.31. The highest BCUT2D eigenvalue weighted by atomic mass is 16.4. The Kier molecular flexibility index (Phi) is 22.7. The zero-order chi connectivity index (χ0) is 87.6. The Morgan fingerprint density at radius 2 is 0.635 bits per heavy atom. The number of hydrogen-bond acceptors (Lipinski definition) is 8. The molecule has 0 unspecified atom stereocenters. The summed E-state index contributed by atoms with van der Waals surface area (Å²) in [5, 5.41) is 8.69. The standard InChI is InChI=1S/C30H29N2O.3C28H27N2O/c1-19-11-14-25-26-15-12-20(2)31-30(26)33-29(25)28(19)27-16-13-24(18-32(27)3)23-10-6-9-22(17-23)21-7-4-5-8-21;1-17(2)20-8-6-9-21(16-20)22-10-7-15-30(5)26(22)25-18(3)11-13-23-24-14-12-19(4)29-28(24)31-27(23)25;1-17(2)20-7-6-8-21(15-20)22-11-14-25(30(5)16-22)26-18(3)9-12-23-24-13-10-19(4)29-28(24)31-27(23)26;1-17(2)20-7-6-8-21(15-20)22-13-14-30(5)25(16-22)26-18(3)9-11-23-24-12-10-19(4)29-28(24)31-27(23)26/h6,9-18,21H,4-5,7-8H2,1-3H3;3*6-17H,1-5H3/q4*+1. The molecule has 12 heteroatoms. The van der Waals surface area contributed by atoms with Gasteiger partial charge >= 0.3 is 0 Å². The molecular weight excluding hydrogens is 1550 g/mol. The van der Waals surface area contributed by atoms with Gasteiger partial charge in [-0.25, -0.2) is 38.2 Å². The van der Waals surface area contributed by atoms with Crippen LogP contribution in [0.5, 0.6) is 0 Å². The summed E-state index contributed by atoms with van der Waals surface area (Å²) in [6.45, 7) is 30.0. The van der Waals surface area contributed by atoms with Crippen LogP contribution in [0, 0.1) is 55.4 Å². The maximum absolute atomic E-state index is 6.38. The molecule has 1 aliphatic carbocycles. The van der Waals surface area contributed by atoms with Gasteiger partial charge in [0.1, 0.15) is 28.2 Å². The van der Waals surface area contributed by atoms with E-state index in [0.717, 1.165) is 139 Å². The molecule has 126 heavy (non-hydrogen) atoms. The van der Waals surface area contributed by atoms with Crippen molar-refractivity contribution in [1.82, 2.24) is 19.9 Å². The summed E-state index contributed by atoms with van der Waals surface area (Å²) < 4.78 is 34.1. The van der Waals surface area contributed by atoms with Crippen molar-refractivity contribution in [2.24, 2.45) is 28.2 Å². The second-order valence-corrected chi connectivity index (χ2v) is 35.7. The minimum absolute atomic E-state index is 0.482. The molecule has 12 heterocycles. The molecule has 0 amide bonds. The van der Waals surface area contributed by atoms with Crippen LogP contribution in [0.1, 0.15) is 158 Å². The van der Waals surface area contributed by atoms with Gasteiger partial charge < -0.3 is 17.7 Å². The van der Waals surface area contributed by atoms with Crippen molar-refractivity contribution in [2.45, 2.75) is 146 Å². The molecule has 0 atom stereocenters. The number of aryl methyl sites for hydroxylation is 12. The molecule has 1 fully saturated rings. The Hall–Kier alpha value is -13.8. The fourth-order valence-electron chi connectivity index (χ4n) is 18.6. The highest BCUT2D eigenvalue weighted by Crippen LogP contribution is 2.45. The molecular formula is C114H110N8O4+4. The summed E-state index contributed by atoms with van der Waals surface area (Å²) in [4.78, 5) is 18.5. The fraction of sp³-hybridized carbons (Fsp3) is 0.228. The molecule has 8 aromatic carbocycles. The van der Waals surface area contributed by atoms with Gasteiger partial charge in [-0.1, -0.05) is 200 Å². The lowest BCUT2D eigenvalue weighted by molar-refractivity contribution is -0.660. The van der Waals surface area contributed by atoms with E-state index in [2.05, 4.69) is 379 Å². The SMILES string of the molecule is Cc1ccc2c(n1)oc1c(-c3c(-c4cccc(C(C)C)c4)ccc[n+]3C)c(C)ccc12.Cc1ccc2c(n1)oc1c(-c3cc(-c4cccc(C(C)C)c4)cc[n+]3C)c(C)ccc12.Cc1ccc2c(n1)oc1c(-c3ccc(-c4cccc(C(C)C)c4)c[n+]3C)c(C)ccc12.Cc1ccc2c(n1)oc1c(-c3ccc(-c4cccc(C5CCCC5)c4)c[n+]3C)c(C)ccc12. The number of pyridine rings is 8. The molecule has 1 aliphatic rings. The number of rotatable bonds is 12. The van der Waals surface area contributed by atoms with Crippen LogP contribution < -0.4 is 18.3 Å². The number of fused-ring (bicyclic) bond motifs is 12. The van der Waals surface area contributed by atoms with Crippen molar-refractivity contribution in [3.05, 3.63) is 335 Å². The third kappa shape index (κ3) is 16.0. The van der Waals surface area contributed by atoms with Crippen molar-refractivity contribution >= 4 is 88.3 Å². The maximum atomic E-state index is 6.38. The van der Waals surface area contributed by atoms with Gasteiger partial charge in [-0.2, -0.15) is 0 Å². The fourth-order valence-corrected chi connectivity index (χ4v) is 18.6. The van der Waals surface area contributed by atoms with Crippen LogP contribution in [0.4, 0.5) is 0 Å². The van der Waals surface area contributed by atoms with E-state index in [1.165, 1.54) is 115 Å². The second kappa shape index (κ2) is 34.4. The van der Waals surface area contributed by atoms with Gasteiger partial charge in [-0.3, -0.25) is 0 Å². The summed E-state index contributed by atoms with van der Waals surface area (Å²) in [7, 11) is 8.43. The van der Waals surface area contributed by atoms with Gasteiger partial charge in [-0.05, 0) is 231 Å². The Labute approximate surface area is 738 Å². The van der Waals surface area contributed by atoms with Crippen LogP contribution >= 0.6 is 0 Å². The first-order valence-electron chi connectivity index (χ1n) is 44.4. The zero-order valence-electron chi connectivity index (χ0n) is 75.8. The van der Waals surface area contributed by atoms with Gasteiger partial charge in [0.25, 0.3) is 0 Å². The topological polar surface area (TPSA) is 120 Å².